The average Bonchev–Trinajstić information content (AvgIpc) is 3.42. The lowest BCUT2D eigenvalue weighted by molar-refractivity contribution is 0.205. The van der Waals surface area contributed by atoms with Crippen LogP contribution in [0.5, 0.6) is 23.0 Å². The van der Waals surface area contributed by atoms with Crippen LogP contribution in [0.2, 0.25) is 0 Å². The van der Waals surface area contributed by atoms with Gasteiger partial charge >= 0.3 is 0 Å². The Kier molecular flexibility index (Phi) is 21.6. The molecule has 74 heavy (non-hydrogen) atoms. The van der Waals surface area contributed by atoms with Crippen molar-refractivity contribution >= 4 is 0 Å². The third kappa shape index (κ3) is 13.5. The maximum Gasteiger partial charge on any atom is 0.119 e. The topological polar surface area (TPSA) is 36.9 Å². The Morgan fingerprint density at radius 3 is 0.743 bits per heavy atom. The molecule has 0 bridgehead atoms. The molecule has 7 rings (SSSR count). The van der Waals surface area contributed by atoms with Gasteiger partial charge in [-0.3, -0.25) is 0 Å². The van der Waals surface area contributed by atoms with E-state index in [1.54, 1.807) is 0 Å². The molecule has 0 radical (unpaired) electrons. The van der Waals surface area contributed by atoms with Crippen molar-refractivity contribution in [3.8, 4) is 34.1 Å². The van der Waals surface area contributed by atoms with Crippen molar-refractivity contribution in [3.05, 3.63) is 179 Å². The summed E-state index contributed by atoms with van der Waals surface area (Å²) in [5.41, 5.74) is 8.04. The highest BCUT2D eigenvalue weighted by Gasteiger charge is 2.61. The first kappa shape index (κ1) is 56.3. The molecule has 4 heteroatoms. The van der Waals surface area contributed by atoms with Gasteiger partial charge in [0.2, 0.25) is 0 Å². The lowest BCUT2D eigenvalue weighted by Crippen LogP contribution is -2.54. The van der Waals surface area contributed by atoms with Gasteiger partial charge < -0.3 is 18.9 Å². The third-order valence-corrected chi connectivity index (χ3v) is 15.9. The minimum atomic E-state index is -0.823. The Bertz CT molecular complexity index is 2220. The Labute approximate surface area is 449 Å². The lowest BCUT2D eigenvalue weighted by atomic mass is 9.43. The molecule has 0 amide bonds. The maximum atomic E-state index is 6.73. The van der Waals surface area contributed by atoms with Crippen LogP contribution in [-0.4, -0.2) is 24.4 Å². The number of hydrogen-bond donors (Lipinski definition) is 0. The molecule has 1 aliphatic carbocycles. The van der Waals surface area contributed by atoms with E-state index in [-0.39, 0.29) is 24.4 Å². The van der Waals surface area contributed by atoms with Crippen LogP contribution in [0, 0.1) is 0 Å². The molecule has 0 N–H and O–H groups in total. The largest absolute Gasteiger partial charge is 0.491 e. The summed E-state index contributed by atoms with van der Waals surface area (Å²) >= 11 is 0. The van der Waals surface area contributed by atoms with E-state index < -0.39 is 10.8 Å². The summed E-state index contributed by atoms with van der Waals surface area (Å²) < 4.78 is 26.9. The van der Waals surface area contributed by atoms with Crippen LogP contribution in [0.1, 0.15) is 217 Å². The summed E-state index contributed by atoms with van der Waals surface area (Å²) in [5, 5.41) is 0. The fourth-order valence-corrected chi connectivity index (χ4v) is 12.0. The first-order chi connectivity index (χ1) is 36.2. The zero-order valence-corrected chi connectivity index (χ0v) is 46.9. The predicted octanol–water partition coefficient (Wildman–Crippen LogP) is 20.0. The highest BCUT2D eigenvalue weighted by molar-refractivity contribution is 5.86. The molecule has 0 heterocycles. The summed E-state index contributed by atoms with van der Waals surface area (Å²) in [5.74, 6) is 3.59. The molecule has 6 aromatic carbocycles. The van der Waals surface area contributed by atoms with Crippen molar-refractivity contribution in [3.63, 3.8) is 0 Å². The molecule has 396 valence electrons. The molecule has 0 fully saturated rings. The van der Waals surface area contributed by atoms with E-state index >= 15 is 0 Å². The number of fused-ring (bicyclic) bond motifs is 3. The van der Waals surface area contributed by atoms with Crippen LogP contribution in [0.4, 0.5) is 0 Å². The SMILES string of the molecule is CCCCCC[C@@H](C)Oc1ccc(C2(c3ccc(O[C@H](C)CCCCCC)cc3)c3ccccc3-c3ccccc3C2(c2ccc(O[C@H](C)CCCCCC)cc2)c2ccc(O[C@H](C)CCCCCC)cc2)cc1. The van der Waals surface area contributed by atoms with Crippen molar-refractivity contribution in [2.24, 2.45) is 0 Å². The molecule has 0 spiro atoms. The first-order valence-corrected chi connectivity index (χ1v) is 29.5. The second kappa shape index (κ2) is 28.4. The molecular formula is C70H92O4. The quantitative estimate of drug-likeness (QED) is 0.0395. The van der Waals surface area contributed by atoms with Gasteiger partial charge in [-0.2, -0.15) is 0 Å². The summed E-state index contributed by atoms with van der Waals surface area (Å²) in [4.78, 5) is 0. The monoisotopic (exact) mass is 997 g/mol. The average molecular weight is 998 g/mol. The van der Waals surface area contributed by atoms with Crippen molar-refractivity contribution in [1.29, 1.82) is 0 Å². The van der Waals surface area contributed by atoms with Gasteiger partial charge in [0, 0.05) is 0 Å². The minimum Gasteiger partial charge on any atom is -0.491 e. The summed E-state index contributed by atoms with van der Waals surface area (Å²) in [7, 11) is 0. The Balaban J connectivity index is 1.46. The van der Waals surface area contributed by atoms with Crippen molar-refractivity contribution in [2.75, 3.05) is 0 Å². The second-order valence-corrected chi connectivity index (χ2v) is 21.8. The van der Waals surface area contributed by atoms with Crippen LogP contribution >= 0.6 is 0 Å². The molecule has 0 unspecified atom stereocenters. The number of benzene rings is 6. The fraction of sp³-hybridized carbons (Fsp3) is 0.486. The number of unbranched alkanes of at least 4 members (excludes halogenated alkanes) is 12. The van der Waals surface area contributed by atoms with Gasteiger partial charge in [0.25, 0.3) is 0 Å². The van der Waals surface area contributed by atoms with Gasteiger partial charge in [-0.25, -0.2) is 0 Å². The second-order valence-electron chi connectivity index (χ2n) is 21.8. The van der Waals surface area contributed by atoms with Crippen LogP contribution < -0.4 is 18.9 Å². The van der Waals surface area contributed by atoms with Crippen LogP contribution in [0.15, 0.2) is 146 Å². The van der Waals surface area contributed by atoms with Gasteiger partial charge in [-0.1, -0.05) is 202 Å². The first-order valence-electron chi connectivity index (χ1n) is 29.5. The number of hydrogen-bond acceptors (Lipinski definition) is 4. The zero-order chi connectivity index (χ0) is 52.2. The van der Waals surface area contributed by atoms with Gasteiger partial charge in [0.05, 0.1) is 35.2 Å². The van der Waals surface area contributed by atoms with Gasteiger partial charge in [0.1, 0.15) is 23.0 Å². The minimum absolute atomic E-state index is 0.120. The lowest BCUT2D eigenvalue weighted by Gasteiger charge is -2.57. The Hall–Kier alpha value is -5.48. The molecule has 4 nitrogen and oxygen atoms in total. The van der Waals surface area contributed by atoms with Crippen LogP contribution in [0.3, 0.4) is 0 Å². The van der Waals surface area contributed by atoms with E-state index in [2.05, 4.69) is 201 Å². The van der Waals surface area contributed by atoms with Crippen LogP contribution in [-0.2, 0) is 10.8 Å². The van der Waals surface area contributed by atoms with Crippen molar-refractivity contribution < 1.29 is 18.9 Å². The molecular weight excluding hydrogens is 905 g/mol. The van der Waals surface area contributed by atoms with E-state index in [0.29, 0.717) is 0 Å². The molecule has 1 aliphatic rings. The molecule has 0 saturated heterocycles. The molecule has 0 saturated carbocycles. The van der Waals surface area contributed by atoms with E-state index in [9.17, 15) is 0 Å². The summed E-state index contributed by atoms with van der Waals surface area (Å²) in [6, 6.07) is 55.0. The summed E-state index contributed by atoms with van der Waals surface area (Å²) in [6.07, 6.45) is 24.3. The normalized spacial score (nSPS) is 15.0. The smallest absolute Gasteiger partial charge is 0.119 e. The number of rotatable bonds is 32. The highest BCUT2D eigenvalue weighted by Crippen LogP contribution is 2.65. The summed E-state index contributed by atoms with van der Waals surface area (Å²) in [6.45, 7) is 18.0. The standard InChI is InChI=1S/C70H92O4/c1-9-13-17-21-29-53(5)71-61-45-37-57(38-46-61)69(58-39-47-62(48-40-58)72-54(6)30-22-18-14-10-2)67-35-27-25-33-65(67)66-34-26-28-36-68(66)70(69,59-41-49-63(50-42-59)73-55(7)31-23-19-15-11-3)60-43-51-64(52-44-60)74-56(8)32-24-20-16-12-4/h25-28,33-56H,9-24,29-32H2,1-8H3/t53-,54-,55-,56-/m1/s1. The van der Waals surface area contributed by atoms with Crippen LogP contribution in [0.25, 0.3) is 11.1 Å². The zero-order valence-electron chi connectivity index (χ0n) is 46.9. The highest BCUT2D eigenvalue weighted by atomic mass is 16.5. The van der Waals surface area contributed by atoms with Gasteiger partial charge in [0.15, 0.2) is 0 Å². The van der Waals surface area contributed by atoms with E-state index in [1.165, 1.54) is 147 Å². The van der Waals surface area contributed by atoms with Gasteiger partial charge in [-0.15, -0.1) is 0 Å². The molecule has 0 aliphatic heterocycles. The predicted molar refractivity (Wildman–Crippen MR) is 313 cm³/mol. The van der Waals surface area contributed by atoms with E-state index in [1.807, 2.05) is 0 Å². The third-order valence-electron chi connectivity index (χ3n) is 15.9. The number of ether oxygens (including phenoxy) is 4. The van der Waals surface area contributed by atoms with Crippen molar-refractivity contribution in [1.82, 2.24) is 0 Å². The maximum absolute atomic E-state index is 6.73. The van der Waals surface area contributed by atoms with Crippen molar-refractivity contribution in [2.45, 2.75) is 219 Å². The fourth-order valence-electron chi connectivity index (χ4n) is 12.0. The molecule has 6 aromatic rings. The molecule has 4 atom stereocenters. The van der Waals surface area contributed by atoms with Gasteiger partial charge in [-0.05, 0) is 172 Å². The molecule has 0 aromatic heterocycles. The van der Waals surface area contributed by atoms with E-state index in [4.69, 9.17) is 18.9 Å². The Morgan fingerprint density at radius 2 is 0.514 bits per heavy atom. The van der Waals surface area contributed by atoms with E-state index in [0.717, 1.165) is 48.7 Å². The Morgan fingerprint density at radius 1 is 0.284 bits per heavy atom.